The minimum Gasteiger partial charge on any atom is -0.467 e. The molecule has 3 rings (SSSR count). The number of nitrogens with one attached hydrogen (secondary N) is 1. The van der Waals surface area contributed by atoms with Crippen molar-refractivity contribution in [2.45, 2.75) is 28.4 Å². The molecule has 128 valence electrons. The average Bonchev–Trinajstić information content (AvgIpc) is 3.13. The van der Waals surface area contributed by atoms with Crippen molar-refractivity contribution < 1.29 is 9.21 Å². The van der Waals surface area contributed by atoms with Gasteiger partial charge in [0.2, 0.25) is 5.91 Å². The first-order chi connectivity index (χ1) is 12.2. The number of benzene rings is 1. The zero-order chi connectivity index (χ0) is 17.5. The van der Waals surface area contributed by atoms with Crippen LogP contribution in [-0.4, -0.2) is 21.6 Å². The van der Waals surface area contributed by atoms with E-state index in [-0.39, 0.29) is 11.7 Å². The molecule has 0 unspecified atom stereocenters. The van der Waals surface area contributed by atoms with E-state index in [4.69, 9.17) is 4.42 Å². The SMILES string of the molecule is Cc1cccc(Sc2nccnc2SCC(=O)NCc2ccco2)c1. The smallest absolute Gasteiger partial charge is 0.230 e. The molecule has 0 bridgehead atoms. The molecule has 0 fully saturated rings. The van der Waals surface area contributed by atoms with Gasteiger partial charge in [-0.2, -0.15) is 0 Å². The van der Waals surface area contributed by atoms with Crippen LogP contribution in [0.1, 0.15) is 11.3 Å². The highest BCUT2D eigenvalue weighted by atomic mass is 32.2. The zero-order valence-electron chi connectivity index (χ0n) is 13.6. The number of rotatable bonds is 7. The predicted octanol–water partition coefficient (Wildman–Crippen LogP) is 3.94. The average molecular weight is 371 g/mol. The minimum absolute atomic E-state index is 0.0708. The molecule has 0 atom stereocenters. The van der Waals surface area contributed by atoms with Crippen LogP contribution in [0.3, 0.4) is 0 Å². The van der Waals surface area contributed by atoms with E-state index in [0.29, 0.717) is 6.54 Å². The van der Waals surface area contributed by atoms with E-state index in [1.165, 1.54) is 17.3 Å². The third kappa shape index (κ3) is 5.37. The molecule has 25 heavy (non-hydrogen) atoms. The summed E-state index contributed by atoms with van der Waals surface area (Å²) in [7, 11) is 0. The number of hydrogen-bond acceptors (Lipinski definition) is 6. The van der Waals surface area contributed by atoms with Gasteiger partial charge in [0, 0.05) is 17.3 Å². The van der Waals surface area contributed by atoms with E-state index in [1.54, 1.807) is 36.5 Å². The van der Waals surface area contributed by atoms with Crippen LogP contribution in [0.2, 0.25) is 0 Å². The largest absolute Gasteiger partial charge is 0.467 e. The van der Waals surface area contributed by atoms with E-state index in [0.717, 1.165) is 20.7 Å². The lowest BCUT2D eigenvalue weighted by atomic mass is 10.2. The number of carbonyl (C=O) groups excluding carboxylic acids is 1. The van der Waals surface area contributed by atoms with Gasteiger partial charge in [0.25, 0.3) is 0 Å². The lowest BCUT2D eigenvalue weighted by Crippen LogP contribution is -2.24. The van der Waals surface area contributed by atoms with Gasteiger partial charge < -0.3 is 9.73 Å². The van der Waals surface area contributed by atoms with Crippen molar-refractivity contribution in [1.82, 2.24) is 15.3 Å². The minimum atomic E-state index is -0.0708. The standard InChI is InChI=1S/C18H17N3O2S2/c1-13-4-2-6-15(10-13)25-18-17(19-7-8-20-18)24-12-16(22)21-11-14-5-3-9-23-14/h2-10H,11-12H2,1H3,(H,21,22). The molecule has 2 aromatic heterocycles. The number of aryl methyl sites for hydroxylation is 1. The number of carbonyl (C=O) groups is 1. The number of hydrogen-bond donors (Lipinski definition) is 1. The molecule has 1 aromatic carbocycles. The quantitative estimate of drug-likeness (QED) is 0.635. The highest BCUT2D eigenvalue weighted by Gasteiger charge is 2.11. The first-order valence-electron chi connectivity index (χ1n) is 7.68. The molecule has 1 N–H and O–H groups in total. The topological polar surface area (TPSA) is 68.0 Å². The summed E-state index contributed by atoms with van der Waals surface area (Å²) in [5.74, 6) is 0.938. The van der Waals surface area contributed by atoms with Crippen molar-refractivity contribution >= 4 is 29.4 Å². The van der Waals surface area contributed by atoms with Gasteiger partial charge in [-0.1, -0.05) is 41.2 Å². The summed E-state index contributed by atoms with van der Waals surface area (Å²) in [4.78, 5) is 21.9. The third-order valence-corrected chi connectivity index (χ3v) is 5.31. The summed E-state index contributed by atoms with van der Waals surface area (Å²) in [6.45, 7) is 2.44. The molecule has 5 nitrogen and oxygen atoms in total. The second kappa shape index (κ2) is 8.73. The van der Waals surface area contributed by atoms with Crippen molar-refractivity contribution in [1.29, 1.82) is 0 Å². The van der Waals surface area contributed by atoms with Gasteiger partial charge in [-0.15, -0.1) is 0 Å². The maximum absolute atomic E-state index is 12.0. The molecular weight excluding hydrogens is 354 g/mol. The van der Waals surface area contributed by atoms with Crippen molar-refractivity contribution in [2.24, 2.45) is 0 Å². The van der Waals surface area contributed by atoms with Gasteiger partial charge in [0.05, 0.1) is 18.6 Å². The Bertz CT molecular complexity index is 838. The van der Waals surface area contributed by atoms with Crippen molar-refractivity contribution in [3.8, 4) is 0 Å². The molecule has 7 heteroatoms. The van der Waals surface area contributed by atoms with Gasteiger partial charge in [0.15, 0.2) is 0 Å². The Morgan fingerprint density at radius 2 is 2.00 bits per heavy atom. The Hall–Kier alpha value is -2.25. The van der Waals surface area contributed by atoms with E-state index < -0.39 is 0 Å². The fourth-order valence-electron chi connectivity index (χ4n) is 2.06. The van der Waals surface area contributed by atoms with Gasteiger partial charge in [0.1, 0.15) is 15.8 Å². The number of amides is 1. The first kappa shape index (κ1) is 17.6. The Morgan fingerprint density at radius 3 is 2.76 bits per heavy atom. The molecule has 1 amide bonds. The molecule has 0 aliphatic carbocycles. The van der Waals surface area contributed by atoms with Crippen LogP contribution in [0.4, 0.5) is 0 Å². The zero-order valence-corrected chi connectivity index (χ0v) is 15.3. The van der Waals surface area contributed by atoms with Gasteiger partial charge in [-0.25, -0.2) is 9.97 Å². The predicted molar refractivity (Wildman–Crippen MR) is 98.6 cm³/mol. The van der Waals surface area contributed by atoms with Crippen LogP contribution < -0.4 is 5.32 Å². The number of furan rings is 1. The number of aromatic nitrogens is 2. The van der Waals surface area contributed by atoms with E-state index in [1.807, 2.05) is 18.2 Å². The third-order valence-electron chi connectivity index (χ3n) is 3.22. The normalized spacial score (nSPS) is 10.6. The Kier molecular flexibility index (Phi) is 6.14. The van der Waals surface area contributed by atoms with E-state index in [2.05, 4.69) is 34.3 Å². The van der Waals surface area contributed by atoms with Crippen LogP contribution in [0.15, 0.2) is 74.4 Å². The van der Waals surface area contributed by atoms with Crippen LogP contribution in [0.25, 0.3) is 0 Å². The molecule has 2 heterocycles. The summed E-state index contributed by atoms with van der Waals surface area (Å²) in [6, 6.07) is 11.8. The fraction of sp³-hybridized carbons (Fsp3) is 0.167. The monoisotopic (exact) mass is 371 g/mol. The molecule has 0 spiro atoms. The summed E-state index contributed by atoms with van der Waals surface area (Å²) < 4.78 is 5.19. The molecule has 0 radical (unpaired) electrons. The lowest BCUT2D eigenvalue weighted by molar-refractivity contribution is -0.118. The Balaban J connectivity index is 1.58. The van der Waals surface area contributed by atoms with E-state index >= 15 is 0 Å². The molecule has 0 saturated carbocycles. The molecule has 0 aliphatic heterocycles. The number of thioether (sulfide) groups is 1. The molecule has 0 saturated heterocycles. The van der Waals surface area contributed by atoms with E-state index in [9.17, 15) is 4.79 Å². The second-order valence-corrected chi connectivity index (χ2v) is 7.26. The van der Waals surface area contributed by atoms with Gasteiger partial charge in [-0.3, -0.25) is 4.79 Å². The second-order valence-electron chi connectivity index (χ2n) is 5.23. The fourth-order valence-corrected chi connectivity index (χ4v) is 3.91. The van der Waals surface area contributed by atoms with Crippen molar-refractivity contribution in [2.75, 3.05) is 5.75 Å². The van der Waals surface area contributed by atoms with Gasteiger partial charge >= 0.3 is 0 Å². The molecule has 0 aliphatic rings. The first-order valence-corrected chi connectivity index (χ1v) is 9.48. The highest BCUT2D eigenvalue weighted by molar-refractivity contribution is 8.02. The van der Waals surface area contributed by atoms with Crippen LogP contribution >= 0.6 is 23.5 Å². The highest BCUT2D eigenvalue weighted by Crippen LogP contribution is 2.32. The molecular formula is C18H17N3O2S2. The van der Waals surface area contributed by atoms with Gasteiger partial charge in [-0.05, 0) is 31.2 Å². The van der Waals surface area contributed by atoms with Crippen molar-refractivity contribution in [3.05, 3.63) is 66.4 Å². The Morgan fingerprint density at radius 1 is 1.16 bits per heavy atom. The lowest BCUT2D eigenvalue weighted by Gasteiger charge is -2.07. The summed E-state index contributed by atoms with van der Waals surface area (Å²) in [6.07, 6.45) is 4.90. The van der Waals surface area contributed by atoms with Crippen LogP contribution in [0, 0.1) is 6.92 Å². The van der Waals surface area contributed by atoms with Crippen molar-refractivity contribution in [3.63, 3.8) is 0 Å². The maximum Gasteiger partial charge on any atom is 0.230 e. The number of nitrogens with zero attached hydrogens (tertiary/aromatic N) is 2. The Labute approximate surface area is 154 Å². The van der Waals surface area contributed by atoms with Crippen LogP contribution in [0.5, 0.6) is 0 Å². The molecule has 3 aromatic rings. The maximum atomic E-state index is 12.0. The van der Waals surface area contributed by atoms with Crippen LogP contribution in [-0.2, 0) is 11.3 Å². The summed E-state index contributed by atoms with van der Waals surface area (Å²) in [5, 5.41) is 4.38. The summed E-state index contributed by atoms with van der Waals surface area (Å²) >= 11 is 2.93. The summed E-state index contributed by atoms with van der Waals surface area (Å²) in [5.41, 5.74) is 1.19.